The first-order valence-corrected chi connectivity index (χ1v) is 8.99. The monoisotopic (exact) mass is 360 g/mol. The molecule has 0 radical (unpaired) electrons. The number of rotatable bonds is 6. The van der Waals surface area contributed by atoms with E-state index in [-0.39, 0.29) is 0 Å². The topological polar surface area (TPSA) is 59.3 Å². The highest BCUT2D eigenvalue weighted by Crippen LogP contribution is 2.27. The lowest BCUT2D eigenvalue weighted by atomic mass is 10.1. The third-order valence-electron chi connectivity index (χ3n) is 3.85. The van der Waals surface area contributed by atoms with Crippen LogP contribution < -0.4 is 5.32 Å². The van der Waals surface area contributed by atoms with Gasteiger partial charge in [-0.15, -0.1) is 5.10 Å². The van der Waals surface area contributed by atoms with Crippen LogP contribution in [0.1, 0.15) is 15.9 Å². The molecule has 4 rings (SSSR count). The van der Waals surface area contributed by atoms with Crippen LogP contribution in [-0.2, 0) is 6.54 Å². The molecule has 0 amide bonds. The summed E-state index contributed by atoms with van der Waals surface area (Å²) in [7, 11) is 0. The second kappa shape index (κ2) is 7.41. The van der Waals surface area contributed by atoms with Crippen LogP contribution in [0.4, 0.5) is 5.95 Å². The highest BCUT2D eigenvalue weighted by atomic mass is 32.2. The molecule has 2 heterocycles. The Morgan fingerprint density at radius 3 is 2.54 bits per heavy atom. The number of nitrogens with zero attached hydrogens (tertiary/aromatic N) is 3. The summed E-state index contributed by atoms with van der Waals surface area (Å²) >= 11 is 1.69. The number of benzene rings is 2. The Labute approximate surface area is 155 Å². The average Bonchev–Trinajstić information content (AvgIpc) is 3.10. The Kier molecular flexibility index (Phi) is 4.66. The van der Waals surface area contributed by atoms with Gasteiger partial charge in [0.25, 0.3) is 0 Å². The number of fused-ring (bicyclic) bond motifs is 1. The van der Waals surface area contributed by atoms with Crippen molar-refractivity contribution in [2.24, 2.45) is 0 Å². The Morgan fingerprint density at radius 2 is 1.77 bits per heavy atom. The quantitative estimate of drug-likeness (QED) is 0.519. The van der Waals surface area contributed by atoms with Crippen LogP contribution in [-0.4, -0.2) is 20.9 Å². The predicted octanol–water partition coefficient (Wildman–Crippen LogP) is 4.31. The number of anilines is 1. The number of hydrogen-bond acceptors (Lipinski definition) is 5. The van der Waals surface area contributed by atoms with Gasteiger partial charge < -0.3 is 5.32 Å². The smallest absolute Gasteiger partial charge is 0.243 e. The number of carbonyl (C=O) groups excluding carboxylic acids is 1. The summed E-state index contributed by atoms with van der Waals surface area (Å²) in [6.45, 7) is 0.599. The minimum Gasteiger partial charge on any atom is -0.349 e. The minimum atomic E-state index is 0.575. The summed E-state index contributed by atoms with van der Waals surface area (Å²) in [5.41, 5.74) is 2.53. The Hall–Kier alpha value is -3.12. The van der Waals surface area contributed by atoms with Crippen molar-refractivity contribution in [2.75, 3.05) is 5.32 Å². The maximum absolute atomic E-state index is 10.7. The number of pyridine rings is 1. The van der Waals surface area contributed by atoms with E-state index < -0.39 is 0 Å². The number of hydrogen-bond donors (Lipinski definition) is 1. The molecular weight excluding hydrogens is 344 g/mol. The summed E-state index contributed by atoms with van der Waals surface area (Å²) < 4.78 is 1.78. The fourth-order valence-electron chi connectivity index (χ4n) is 2.52. The minimum absolute atomic E-state index is 0.575. The van der Waals surface area contributed by atoms with Crippen LogP contribution in [0.2, 0.25) is 0 Å². The van der Waals surface area contributed by atoms with Crippen molar-refractivity contribution < 1.29 is 4.79 Å². The van der Waals surface area contributed by atoms with Gasteiger partial charge in [-0.05, 0) is 29.8 Å². The number of aldehydes is 1. The van der Waals surface area contributed by atoms with Crippen LogP contribution >= 0.6 is 11.8 Å². The van der Waals surface area contributed by atoms with Crippen LogP contribution in [0.15, 0.2) is 82.7 Å². The largest absolute Gasteiger partial charge is 0.349 e. The molecule has 1 N–H and O–H groups in total. The van der Waals surface area contributed by atoms with E-state index in [4.69, 9.17) is 0 Å². The second-order valence-electron chi connectivity index (χ2n) is 5.73. The van der Waals surface area contributed by atoms with Gasteiger partial charge in [0.1, 0.15) is 6.29 Å². The zero-order valence-corrected chi connectivity index (χ0v) is 14.7. The van der Waals surface area contributed by atoms with Crippen molar-refractivity contribution in [2.45, 2.75) is 16.3 Å². The van der Waals surface area contributed by atoms with E-state index in [1.807, 2.05) is 48.7 Å². The Bertz CT molecular complexity index is 1030. The fourth-order valence-corrected chi connectivity index (χ4v) is 3.37. The van der Waals surface area contributed by atoms with Gasteiger partial charge in [-0.2, -0.15) is 4.98 Å². The van der Waals surface area contributed by atoms with Gasteiger partial charge >= 0.3 is 0 Å². The van der Waals surface area contributed by atoms with E-state index in [0.29, 0.717) is 18.1 Å². The molecular formula is C20H16N4OS. The van der Waals surface area contributed by atoms with Crippen molar-refractivity contribution in [1.82, 2.24) is 14.6 Å². The van der Waals surface area contributed by atoms with Gasteiger partial charge in [-0.25, -0.2) is 4.52 Å². The molecule has 0 spiro atoms. The lowest BCUT2D eigenvalue weighted by Crippen LogP contribution is -2.01. The SMILES string of the molecule is O=Cc1ccc(CNc2nc3ccc(Sc4ccccc4)cn3n2)cc1. The van der Waals surface area contributed by atoms with Crippen LogP contribution in [0.5, 0.6) is 0 Å². The molecule has 0 saturated carbocycles. The fraction of sp³-hybridized carbons (Fsp3) is 0.0500. The van der Waals surface area contributed by atoms with E-state index in [0.717, 1.165) is 22.4 Å². The normalized spacial score (nSPS) is 10.8. The maximum atomic E-state index is 10.7. The molecule has 4 aromatic rings. The summed E-state index contributed by atoms with van der Waals surface area (Å²) in [5, 5.41) is 7.71. The van der Waals surface area contributed by atoms with Crippen molar-refractivity contribution in [3.05, 3.63) is 84.1 Å². The first-order valence-electron chi connectivity index (χ1n) is 8.17. The molecule has 0 fully saturated rings. The molecule has 6 heteroatoms. The molecule has 26 heavy (non-hydrogen) atoms. The van der Waals surface area contributed by atoms with Crippen LogP contribution in [0, 0.1) is 0 Å². The van der Waals surface area contributed by atoms with Crippen molar-refractivity contribution in [3.63, 3.8) is 0 Å². The predicted molar refractivity (Wildman–Crippen MR) is 103 cm³/mol. The second-order valence-corrected chi connectivity index (χ2v) is 6.88. The lowest BCUT2D eigenvalue weighted by molar-refractivity contribution is 0.112. The Morgan fingerprint density at radius 1 is 0.962 bits per heavy atom. The molecule has 0 unspecified atom stereocenters. The third-order valence-corrected chi connectivity index (χ3v) is 4.83. The highest BCUT2D eigenvalue weighted by molar-refractivity contribution is 7.99. The molecule has 128 valence electrons. The maximum Gasteiger partial charge on any atom is 0.243 e. The average molecular weight is 360 g/mol. The number of nitrogens with one attached hydrogen (secondary N) is 1. The molecule has 0 atom stereocenters. The Balaban J connectivity index is 1.47. The molecule has 0 aliphatic heterocycles. The van der Waals surface area contributed by atoms with E-state index in [2.05, 4.69) is 27.5 Å². The molecule has 0 bridgehead atoms. The summed E-state index contributed by atoms with van der Waals surface area (Å²) in [5.74, 6) is 0.575. The van der Waals surface area contributed by atoms with E-state index in [1.165, 1.54) is 4.90 Å². The number of aromatic nitrogens is 3. The van der Waals surface area contributed by atoms with E-state index in [9.17, 15) is 4.79 Å². The van der Waals surface area contributed by atoms with Crippen molar-refractivity contribution in [1.29, 1.82) is 0 Å². The van der Waals surface area contributed by atoms with E-state index >= 15 is 0 Å². The molecule has 0 saturated heterocycles. The van der Waals surface area contributed by atoms with Crippen molar-refractivity contribution in [3.8, 4) is 0 Å². The summed E-state index contributed by atoms with van der Waals surface area (Å²) in [6.07, 6.45) is 2.82. The van der Waals surface area contributed by atoms with Crippen molar-refractivity contribution >= 4 is 29.6 Å². The molecule has 2 aromatic heterocycles. The number of carbonyl (C=O) groups is 1. The summed E-state index contributed by atoms with van der Waals surface area (Å²) in [6, 6.07) is 21.7. The molecule has 0 aliphatic rings. The van der Waals surface area contributed by atoms with Crippen LogP contribution in [0.3, 0.4) is 0 Å². The van der Waals surface area contributed by atoms with E-state index in [1.54, 1.807) is 28.4 Å². The molecule has 5 nitrogen and oxygen atoms in total. The van der Waals surface area contributed by atoms with Gasteiger partial charge in [0, 0.05) is 28.1 Å². The van der Waals surface area contributed by atoms with Gasteiger partial charge in [0.2, 0.25) is 5.95 Å². The first-order chi connectivity index (χ1) is 12.8. The highest BCUT2D eigenvalue weighted by Gasteiger charge is 2.05. The first kappa shape index (κ1) is 16.4. The lowest BCUT2D eigenvalue weighted by Gasteiger charge is -2.02. The summed E-state index contributed by atoms with van der Waals surface area (Å²) in [4.78, 5) is 17.5. The van der Waals surface area contributed by atoms with Gasteiger partial charge in [0.15, 0.2) is 5.65 Å². The zero-order chi connectivity index (χ0) is 17.8. The molecule has 2 aromatic carbocycles. The molecule has 0 aliphatic carbocycles. The van der Waals surface area contributed by atoms with Gasteiger partial charge in [-0.3, -0.25) is 4.79 Å². The zero-order valence-electron chi connectivity index (χ0n) is 13.9. The van der Waals surface area contributed by atoms with Gasteiger partial charge in [0.05, 0.1) is 0 Å². The van der Waals surface area contributed by atoms with Crippen LogP contribution in [0.25, 0.3) is 5.65 Å². The third kappa shape index (κ3) is 3.75. The standard InChI is InChI=1S/C20H16N4OS/c25-14-16-8-6-15(7-9-16)12-21-20-22-19-11-10-18(13-24(19)23-20)26-17-4-2-1-3-5-17/h1-11,13-14H,12H2,(H,21,23). The van der Waals surface area contributed by atoms with Gasteiger partial charge in [-0.1, -0.05) is 54.2 Å².